The van der Waals surface area contributed by atoms with Gasteiger partial charge in [-0.05, 0) is 32.4 Å². The molecule has 0 radical (unpaired) electrons. The summed E-state index contributed by atoms with van der Waals surface area (Å²) in [6.45, 7) is 3.01. The highest BCUT2D eigenvalue weighted by molar-refractivity contribution is 4.41. The number of hydrogen-bond acceptors (Lipinski definition) is 4. The van der Waals surface area contributed by atoms with E-state index in [1.54, 1.807) is 0 Å². The van der Waals surface area contributed by atoms with Crippen LogP contribution in [0.5, 0.6) is 0 Å². The first-order valence-corrected chi connectivity index (χ1v) is 4.16. The molecule has 0 fully saturated rings. The second-order valence-electron chi connectivity index (χ2n) is 2.38. The summed E-state index contributed by atoms with van der Waals surface area (Å²) in [7, 11) is 0. The topological polar surface area (TPSA) is 73.3 Å². The summed E-state index contributed by atoms with van der Waals surface area (Å²) >= 11 is 0. The molecule has 0 aromatic carbocycles. The molecule has 4 heteroatoms. The zero-order chi connectivity index (χ0) is 8.36. The first kappa shape index (κ1) is 10.8. The second-order valence-corrected chi connectivity index (χ2v) is 2.38. The average Bonchev–Trinajstić information content (AvgIpc) is 2.03. The molecule has 0 aliphatic rings. The van der Waals surface area contributed by atoms with Crippen molar-refractivity contribution >= 4 is 0 Å². The third kappa shape index (κ3) is 9.84. The Morgan fingerprint density at radius 3 is 2.36 bits per heavy atom. The van der Waals surface area contributed by atoms with Gasteiger partial charge in [-0.3, -0.25) is 0 Å². The van der Waals surface area contributed by atoms with Crippen molar-refractivity contribution in [1.82, 2.24) is 5.48 Å². The van der Waals surface area contributed by atoms with E-state index >= 15 is 0 Å². The molecule has 0 aliphatic heterocycles. The molecular formula is C7H19N3O. The van der Waals surface area contributed by atoms with Gasteiger partial charge >= 0.3 is 0 Å². The van der Waals surface area contributed by atoms with Gasteiger partial charge in [0.15, 0.2) is 0 Å². The van der Waals surface area contributed by atoms with Crippen LogP contribution in [0.1, 0.15) is 19.3 Å². The normalized spacial score (nSPS) is 10.4. The lowest BCUT2D eigenvalue weighted by Gasteiger charge is -2.03. The molecule has 0 aromatic heterocycles. The van der Waals surface area contributed by atoms with Gasteiger partial charge in [-0.1, -0.05) is 0 Å². The summed E-state index contributed by atoms with van der Waals surface area (Å²) in [6.07, 6.45) is 3.02. The van der Waals surface area contributed by atoms with Gasteiger partial charge in [0, 0.05) is 6.54 Å². The summed E-state index contributed by atoms with van der Waals surface area (Å²) in [5.41, 5.74) is 13.4. The van der Waals surface area contributed by atoms with E-state index in [9.17, 15) is 0 Å². The summed E-state index contributed by atoms with van der Waals surface area (Å²) in [6, 6.07) is 0. The Morgan fingerprint density at radius 2 is 1.73 bits per heavy atom. The second kappa shape index (κ2) is 9.84. The predicted octanol–water partition coefficient (Wildman–Crippen LogP) is -0.405. The molecule has 0 aliphatic carbocycles. The molecular weight excluding hydrogens is 142 g/mol. The molecule has 0 amide bonds. The van der Waals surface area contributed by atoms with E-state index in [4.69, 9.17) is 16.3 Å². The first-order valence-electron chi connectivity index (χ1n) is 4.16. The van der Waals surface area contributed by atoms with Crippen LogP contribution in [-0.4, -0.2) is 26.2 Å². The van der Waals surface area contributed by atoms with Crippen LogP contribution in [-0.2, 0) is 4.84 Å². The van der Waals surface area contributed by atoms with Gasteiger partial charge < -0.3 is 16.3 Å². The largest absolute Gasteiger partial charge is 0.330 e. The van der Waals surface area contributed by atoms with Crippen molar-refractivity contribution in [2.45, 2.75) is 19.3 Å². The van der Waals surface area contributed by atoms with Gasteiger partial charge in [0.25, 0.3) is 0 Å². The molecule has 0 aromatic rings. The van der Waals surface area contributed by atoms with Crippen LogP contribution < -0.4 is 16.9 Å². The lowest BCUT2D eigenvalue weighted by Crippen LogP contribution is -2.18. The molecule has 0 saturated heterocycles. The van der Waals surface area contributed by atoms with Crippen LogP contribution in [0.25, 0.3) is 0 Å². The Balaban J connectivity index is 2.69. The summed E-state index contributed by atoms with van der Waals surface area (Å²) in [5.74, 6) is 0. The fourth-order valence-corrected chi connectivity index (χ4v) is 0.641. The monoisotopic (exact) mass is 161 g/mol. The van der Waals surface area contributed by atoms with Crippen molar-refractivity contribution < 1.29 is 4.84 Å². The molecule has 0 spiro atoms. The third-order valence-corrected chi connectivity index (χ3v) is 1.29. The number of hydrogen-bond donors (Lipinski definition) is 3. The molecule has 0 rings (SSSR count). The summed E-state index contributed by atoms with van der Waals surface area (Å²) < 4.78 is 0. The minimum Gasteiger partial charge on any atom is -0.330 e. The molecule has 0 unspecified atom stereocenters. The van der Waals surface area contributed by atoms with Crippen LogP contribution in [0, 0.1) is 0 Å². The van der Waals surface area contributed by atoms with E-state index in [2.05, 4.69) is 5.48 Å². The highest BCUT2D eigenvalue weighted by atomic mass is 16.6. The highest BCUT2D eigenvalue weighted by Crippen LogP contribution is 1.82. The van der Waals surface area contributed by atoms with Gasteiger partial charge in [0.2, 0.25) is 0 Å². The number of unbranched alkanes of at least 4 members (excludes halogenated alkanes) is 1. The van der Waals surface area contributed by atoms with Crippen molar-refractivity contribution in [2.75, 3.05) is 26.2 Å². The molecule has 0 atom stereocenters. The third-order valence-electron chi connectivity index (χ3n) is 1.29. The van der Waals surface area contributed by atoms with Crippen LogP contribution in [0.2, 0.25) is 0 Å². The number of nitrogens with two attached hydrogens (primary N) is 2. The van der Waals surface area contributed by atoms with Crippen molar-refractivity contribution in [3.8, 4) is 0 Å². The highest BCUT2D eigenvalue weighted by Gasteiger charge is 1.86. The number of rotatable bonds is 8. The van der Waals surface area contributed by atoms with E-state index in [0.717, 1.165) is 32.4 Å². The van der Waals surface area contributed by atoms with E-state index < -0.39 is 0 Å². The molecule has 4 nitrogen and oxygen atoms in total. The fraction of sp³-hybridized carbons (Fsp3) is 1.00. The molecule has 0 bridgehead atoms. The average molecular weight is 161 g/mol. The van der Waals surface area contributed by atoms with Gasteiger partial charge in [0.1, 0.15) is 0 Å². The molecule has 5 N–H and O–H groups in total. The van der Waals surface area contributed by atoms with Crippen LogP contribution in [0.4, 0.5) is 0 Å². The predicted molar refractivity (Wildman–Crippen MR) is 45.9 cm³/mol. The number of nitrogens with one attached hydrogen (secondary N) is 1. The van der Waals surface area contributed by atoms with E-state index in [0.29, 0.717) is 13.2 Å². The van der Waals surface area contributed by atoms with E-state index in [1.165, 1.54) is 0 Å². The summed E-state index contributed by atoms with van der Waals surface area (Å²) in [4.78, 5) is 5.05. The molecule has 11 heavy (non-hydrogen) atoms. The van der Waals surface area contributed by atoms with Crippen LogP contribution in [0.3, 0.4) is 0 Å². The van der Waals surface area contributed by atoms with Gasteiger partial charge in [0.05, 0.1) is 6.61 Å². The van der Waals surface area contributed by atoms with Crippen molar-refractivity contribution in [2.24, 2.45) is 11.5 Å². The quantitative estimate of drug-likeness (QED) is 0.334. The maximum absolute atomic E-state index is 5.31. The zero-order valence-electron chi connectivity index (χ0n) is 7.01. The Morgan fingerprint density at radius 1 is 1.00 bits per heavy atom. The molecule has 0 saturated carbocycles. The minimum absolute atomic E-state index is 0.685. The smallest absolute Gasteiger partial charge is 0.0694 e. The van der Waals surface area contributed by atoms with Crippen molar-refractivity contribution in [3.63, 3.8) is 0 Å². The van der Waals surface area contributed by atoms with Gasteiger partial charge in [-0.2, -0.15) is 0 Å². The molecule has 68 valence electrons. The van der Waals surface area contributed by atoms with Crippen LogP contribution in [0.15, 0.2) is 0 Å². The van der Waals surface area contributed by atoms with E-state index in [1.807, 2.05) is 0 Å². The van der Waals surface area contributed by atoms with Gasteiger partial charge in [-0.15, -0.1) is 0 Å². The van der Waals surface area contributed by atoms with E-state index in [-0.39, 0.29) is 0 Å². The Kier molecular flexibility index (Phi) is 9.70. The zero-order valence-corrected chi connectivity index (χ0v) is 7.01. The minimum atomic E-state index is 0.685. The van der Waals surface area contributed by atoms with Gasteiger partial charge in [-0.25, -0.2) is 5.48 Å². The standard InChI is InChI=1S/C7H19N3O/c8-4-1-2-6-10-11-7-3-5-9/h10H,1-9H2. The molecule has 0 heterocycles. The Hall–Kier alpha value is -0.160. The van der Waals surface area contributed by atoms with Crippen molar-refractivity contribution in [1.29, 1.82) is 0 Å². The van der Waals surface area contributed by atoms with Crippen LogP contribution >= 0.6 is 0 Å². The Bertz CT molecular complexity index is 62.7. The maximum Gasteiger partial charge on any atom is 0.0694 e. The maximum atomic E-state index is 5.31. The summed E-state index contributed by atoms with van der Waals surface area (Å²) in [5, 5.41) is 0. The number of hydroxylamine groups is 1. The first-order chi connectivity index (χ1) is 5.41. The SMILES string of the molecule is NCCCCNOCCCN. The fourth-order valence-electron chi connectivity index (χ4n) is 0.641. The lowest BCUT2D eigenvalue weighted by molar-refractivity contribution is 0.0399. The van der Waals surface area contributed by atoms with Crippen molar-refractivity contribution in [3.05, 3.63) is 0 Å². The Labute approximate surface area is 68.2 Å². The lowest BCUT2D eigenvalue weighted by atomic mass is 10.3.